The molecule has 7 nitrogen and oxygen atoms in total. The van der Waals surface area contributed by atoms with Crippen molar-refractivity contribution in [2.24, 2.45) is 0 Å². The predicted molar refractivity (Wildman–Crippen MR) is 108 cm³/mol. The van der Waals surface area contributed by atoms with Gasteiger partial charge in [0.15, 0.2) is 0 Å². The Balaban J connectivity index is 1.40. The SMILES string of the molecule is O=[N+]([O-])c1ccc(OCC(O)CN2CCN(Cc3c(F)cccc3Cl)CC2)cc1. The van der Waals surface area contributed by atoms with Crippen LogP contribution in [0.1, 0.15) is 5.56 Å². The van der Waals surface area contributed by atoms with Crippen LogP contribution in [-0.4, -0.2) is 65.3 Å². The van der Waals surface area contributed by atoms with Crippen molar-refractivity contribution in [3.63, 3.8) is 0 Å². The standard InChI is InChI=1S/C20H23ClFN3O4/c21-19-2-1-3-20(22)18(19)13-24-10-8-23(9-11-24)12-16(26)14-29-17-6-4-15(5-7-17)25(27)28/h1-7,16,26H,8-14H2. The van der Waals surface area contributed by atoms with Crippen LogP contribution < -0.4 is 4.74 Å². The summed E-state index contributed by atoms with van der Waals surface area (Å²) < 4.78 is 19.4. The van der Waals surface area contributed by atoms with E-state index < -0.39 is 11.0 Å². The first-order valence-electron chi connectivity index (χ1n) is 9.35. The molecule has 1 N–H and O–H groups in total. The van der Waals surface area contributed by atoms with Gasteiger partial charge >= 0.3 is 0 Å². The van der Waals surface area contributed by atoms with Crippen molar-refractivity contribution in [3.05, 3.63) is 69.0 Å². The molecule has 156 valence electrons. The maximum absolute atomic E-state index is 13.9. The van der Waals surface area contributed by atoms with Crippen LogP contribution in [0.5, 0.6) is 5.75 Å². The molecule has 1 fully saturated rings. The Bertz CT molecular complexity index is 809. The van der Waals surface area contributed by atoms with E-state index in [1.54, 1.807) is 12.1 Å². The topological polar surface area (TPSA) is 79.1 Å². The van der Waals surface area contributed by atoms with Gasteiger partial charge in [-0.3, -0.25) is 19.9 Å². The second-order valence-corrected chi connectivity index (χ2v) is 7.40. The summed E-state index contributed by atoms with van der Waals surface area (Å²) in [4.78, 5) is 14.4. The molecule has 0 radical (unpaired) electrons. The minimum absolute atomic E-state index is 0.00700. The zero-order chi connectivity index (χ0) is 20.8. The molecule has 1 aliphatic heterocycles. The molecule has 1 atom stereocenters. The van der Waals surface area contributed by atoms with E-state index in [1.807, 2.05) is 0 Å². The lowest BCUT2D eigenvalue weighted by Crippen LogP contribution is -2.48. The monoisotopic (exact) mass is 423 g/mol. The molecule has 29 heavy (non-hydrogen) atoms. The van der Waals surface area contributed by atoms with E-state index in [1.165, 1.54) is 30.3 Å². The van der Waals surface area contributed by atoms with Gasteiger partial charge in [0.1, 0.15) is 24.3 Å². The molecule has 9 heteroatoms. The fraction of sp³-hybridized carbons (Fsp3) is 0.400. The van der Waals surface area contributed by atoms with Crippen molar-refractivity contribution in [3.8, 4) is 5.75 Å². The minimum Gasteiger partial charge on any atom is -0.491 e. The number of aliphatic hydroxyl groups is 1. The molecule has 1 aliphatic rings. The molecule has 1 unspecified atom stereocenters. The van der Waals surface area contributed by atoms with Gasteiger partial charge in [0.2, 0.25) is 0 Å². The summed E-state index contributed by atoms with van der Waals surface area (Å²) in [6, 6.07) is 10.5. The number of hydrogen-bond acceptors (Lipinski definition) is 6. The van der Waals surface area contributed by atoms with Crippen LogP contribution in [0.4, 0.5) is 10.1 Å². The molecule has 0 aliphatic carbocycles. The Morgan fingerprint density at radius 1 is 1.14 bits per heavy atom. The lowest BCUT2D eigenvalue weighted by atomic mass is 10.1. The third kappa shape index (κ3) is 6.11. The zero-order valence-electron chi connectivity index (χ0n) is 15.8. The molecule has 2 aromatic rings. The van der Waals surface area contributed by atoms with Gasteiger partial charge in [-0.15, -0.1) is 0 Å². The number of β-amino-alcohol motifs (C(OH)–C–C–N with tert-alkyl or cyclic N) is 1. The van der Waals surface area contributed by atoms with Gasteiger partial charge in [-0.1, -0.05) is 17.7 Å². The maximum Gasteiger partial charge on any atom is 0.269 e. The molecule has 2 aromatic carbocycles. The fourth-order valence-electron chi connectivity index (χ4n) is 3.24. The number of hydrogen-bond donors (Lipinski definition) is 1. The Kier molecular flexibility index (Phi) is 7.38. The third-order valence-corrected chi connectivity index (χ3v) is 5.22. The Morgan fingerprint density at radius 2 is 1.79 bits per heavy atom. The maximum atomic E-state index is 13.9. The quantitative estimate of drug-likeness (QED) is 0.519. The van der Waals surface area contributed by atoms with E-state index in [4.69, 9.17) is 16.3 Å². The lowest BCUT2D eigenvalue weighted by molar-refractivity contribution is -0.384. The second kappa shape index (κ2) is 9.98. The van der Waals surface area contributed by atoms with E-state index in [0.29, 0.717) is 29.4 Å². The highest BCUT2D eigenvalue weighted by atomic mass is 35.5. The van der Waals surface area contributed by atoms with Crippen molar-refractivity contribution in [2.45, 2.75) is 12.6 Å². The Labute approximate surface area is 173 Å². The first kappa shape index (κ1) is 21.4. The summed E-state index contributed by atoms with van der Waals surface area (Å²) in [5.74, 6) is 0.181. The van der Waals surface area contributed by atoms with Crippen LogP contribution in [0.25, 0.3) is 0 Å². The highest BCUT2D eigenvalue weighted by Gasteiger charge is 2.21. The smallest absolute Gasteiger partial charge is 0.269 e. The molecule has 0 aromatic heterocycles. The molecule has 0 amide bonds. The van der Waals surface area contributed by atoms with Gasteiger partial charge in [0.25, 0.3) is 5.69 Å². The number of nitro benzene ring substituents is 1. The van der Waals surface area contributed by atoms with E-state index in [0.717, 1.165) is 26.2 Å². The average molecular weight is 424 g/mol. The number of non-ortho nitro benzene ring substituents is 1. The van der Waals surface area contributed by atoms with Crippen molar-refractivity contribution in [1.82, 2.24) is 9.80 Å². The van der Waals surface area contributed by atoms with Crippen LogP contribution in [0.15, 0.2) is 42.5 Å². The first-order valence-corrected chi connectivity index (χ1v) is 9.73. The Hall–Kier alpha value is -2.26. The second-order valence-electron chi connectivity index (χ2n) is 6.99. The van der Waals surface area contributed by atoms with Gasteiger partial charge < -0.3 is 9.84 Å². The Morgan fingerprint density at radius 3 is 2.41 bits per heavy atom. The molecular weight excluding hydrogens is 401 g/mol. The van der Waals surface area contributed by atoms with E-state index in [-0.39, 0.29) is 18.1 Å². The summed E-state index contributed by atoms with van der Waals surface area (Å²) >= 11 is 6.10. The molecule has 3 rings (SSSR count). The third-order valence-electron chi connectivity index (χ3n) is 4.87. The number of nitrogens with zero attached hydrogens (tertiary/aromatic N) is 3. The van der Waals surface area contributed by atoms with Gasteiger partial charge in [-0.2, -0.15) is 0 Å². The van der Waals surface area contributed by atoms with E-state index in [9.17, 15) is 19.6 Å². The summed E-state index contributed by atoms with van der Waals surface area (Å²) in [5.41, 5.74) is 0.506. The van der Waals surface area contributed by atoms with E-state index >= 15 is 0 Å². The van der Waals surface area contributed by atoms with Crippen LogP contribution in [-0.2, 0) is 6.54 Å². The number of benzene rings is 2. The van der Waals surface area contributed by atoms with Crippen molar-refractivity contribution >= 4 is 17.3 Å². The summed E-state index contributed by atoms with van der Waals surface area (Å²) in [6.07, 6.45) is -0.683. The highest BCUT2D eigenvalue weighted by Crippen LogP contribution is 2.21. The van der Waals surface area contributed by atoms with Gasteiger partial charge in [0.05, 0.1) is 4.92 Å². The molecule has 0 spiro atoms. The highest BCUT2D eigenvalue weighted by molar-refractivity contribution is 6.31. The fourth-order valence-corrected chi connectivity index (χ4v) is 3.47. The van der Waals surface area contributed by atoms with Gasteiger partial charge in [-0.05, 0) is 24.3 Å². The number of halogens is 2. The first-order chi connectivity index (χ1) is 13.9. The lowest BCUT2D eigenvalue weighted by Gasteiger charge is -2.35. The number of nitro groups is 1. The molecule has 1 saturated heterocycles. The molecular formula is C20H23ClFN3O4. The van der Waals surface area contributed by atoms with Crippen LogP contribution in [0, 0.1) is 15.9 Å². The van der Waals surface area contributed by atoms with E-state index in [2.05, 4.69) is 9.80 Å². The molecule has 0 saturated carbocycles. The number of piperazine rings is 1. The largest absolute Gasteiger partial charge is 0.491 e. The van der Waals surface area contributed by atoms with Crippen molar-refractivity contribution < 1.29 is 19.2 Å². The normalized spacial score (nSPS) is 16.5. The number of rotatable bonds is 8. The summed E-state index contributed by atoms with van der Waals surface area (Å²) in [7, 11) is 0. The van der Waals surface area contributed by atoms with Gasteiger partial charge in [0, 0.05) is 62.0 Å². The van der Waals surface area contributed by atoms with Gasteiger partial charge in [-0.25, -0.2) is 4.39 Å². The minimum atomic E-state index is -0.683. The average Bonchev–Trinajstić information content (AvgIpc) is 2.71. The van der Waals surface area contributed by atoms with Crippen molar-refractivity contribution in [1.29, 1.82) is 0 Å². The number of aliphatic hydroxyl groups excluding tert-OH is 1. The predicted octanol–water partition coefficient (Wildman–Crippen LogP) is 2.94. The van der Waals surface area contributed by atoms with Crippen LogP contribution >= 0.6 is 11.6 Å². The zero-order valence-corrected chi connectivity index (χ0v) is 16.6. The molecule has 0 bridgehead atoms. The van der Waals surface area contributed by atoms with Crippen LogP contribution in [0.3, 0.4) is 0 Å². The summed E-state index contributed by atoms with van der Waals surface area (Å²) in [5, 5.41) is 21.3. The molecule has 1 heterocycles. The summed E-state index contributed by atoms with van der Waals surface area (Å²) in [6.45, 7) is 4.03. The van der Waals surface area contributed by atoms with Crippen LogP contribution in [0.2, 0.25) is 5.02 Å². The number of ether oxygens (including phenoxy) is 1. The van der Waals surface area contributed by atoms with Crippen molar-refractivity contribution in [2.75, 3.05) is 39.3 Å².